The number of rotatable bonds is 4. The first-order chi connectivity index (χ1) is 12.2. The molecule has 0 unspecified atom stereocenters. The normalized spacial score (nSPS) is 10.0. The molecule has 0 spiro atoms. The van der Waals surface area contributed by atoms with Crippen molar-refractivity contribution >= 4 is 34.1 Å². The molecule has 0 saturated heterocycles. The lowest BCUT2D eigenvalue weighted by atomic mass is 10.2. The monoisotopic (exact) mass is 330 g/mol. The summed E-state index contributed by atoms with van der Waals surface area (Å²) in [5.74, 6) is -0.861. The van der Waals surface area contributed by atoms with Gasteiger partial charge in [-0.25, -0.2) is 0 Å². The molecule has 122 valence electrons. The Hall–Kier alpha value is -3.72. The topological polar surface area (TPSA) is 94.9 Å². The lowest BCUT2D eigenvalue weighted by molar-refractivity contribution is -0.123. The van der Waals surface area contributed by atoms with Gasteiger partial charge in [-0.1, -0.05) is 18.2 Å². The van der Waals surface area contributed by atoms with Crippen LogP contribution in [0.5, 0.6) is 0 Å². The van der Waals surface area contributed by atoms with Crippen molar-refractivity contribution in [2.75, 3.05) is 10.6 Å². The Morgan fingerprint density at radius 2 is 1.68 bits per heavy atom. The lowest BCUT2D eigenvalue weighted by Gasteiger charge is -2.08. The summed E-state index contributed by atoms with van der Waals surface area (Å²) in [4.78, 5) is 28.3. The fourth-order valence-electron chi connectivity index (χ4n) is 2.38. The van der Waals surface area contributed by atoms with Gasteiger partial charge in [-0.05, 0) is 36.4 Å². The summed E-state index contributed by atoms with van der Waals surface area (Å²) in [6.45, 7) is 0. The van der Waals surface area contributed by atoms with Gasteiger partial charge < -0.3 is 10.6 Å². The first-order valence-electron chi connectivity index (χ1n) is 7.59. The molecule has 0 aliphatic rings. The average molecular weight is 330 g/mol. The molecule has 0 fully saturated rings. The molecule has 1 aromatic heterocycles. The number of nitrogens with zero attached hydrogens (tertiary/aromatic N) is 2. The van der Waals surface area contributed by atoms with Crippen molar-refractivity contribution in [2.45, 2.75) is 6.42 Å². The molecular formula is C19H14N4O2. The fraction of sp³-hybridized carbons (Fsp3) is 0.0526. The van der Waals surface area contributed by atoms with E-state index in [-0.39, 0.29) is 6.42 Å². The largest absolute Gasteiger partial charge is 0.326 e. The number of hydrogen-bond donors (Lipinski definition) is 2. The number of amides is 2. The highest BCUT2D eigenvalue weighted by molar-refractivity contribution is 6.10. The van der Waals surface area contributed by atoms with Crippen LogP contribution in [0, 0.1) is 11.3 Å². The number of hydrogen-bond acceptors (Lipinski definition) is 4. The number of nitriles is 1. The highest BCUT2D eigenvalue weighted by Crippen LogP contribution is 2.20. The van der Waals surface area contributed by atoms with Crippen LogP contribution in [0.2, 0.25) is 0 Å². The number of pyridine rings is 1. The second-order valence-electron chi connectivity index (χ2n) is 5.34. The minimum absolute atomic E-state index is 0.316. The van der Waals surface area contributed by atoms with E-state index in [2.05, 4.69) is 15.6 Å². The molecule has 2 N–H and O–H groups in total. The Balaban J connectivity index is 1.63. The number of anilines is 2. The Kier molecular flexibility index (Phi) is 4.67. The van der Waals surface area contributed by atoms with E-state index in [4.69, 9.17) is 5.26 Å². The summed E-state index contributed by atoms with van der Waals surface area (Å²) in [5.41, 5.74) is 2.27. The van der Waals surface area contributed by atoms with Crippen molar-refractivity contribution < 1.29 is 9.59 Å². The Morgan fingerprint density at radius 3 is 2.44 bits per heavy atom. The van der Waals surface area contributed by atoms with E-state index < -0.39 is 11.8 Å². The van der Waals surface area contributed by atoms with Crippen molar-refractivity contribution in [3.05, 3.63) is 66.4 Å². The zero-order valence-corrected chi connectivity index (χ0v) is 13.2. The van der Waals surface area contributed by atoms with Crippen LogP contribution in [0.1, 0.15) is 12.0 Å². The fourth-order valence-corrected chi connectivity index (χ4v) is 2.38. The average Bonchev–Trinajstić information content (AvgIpc) is 2.62. The van der Waals surface area contributed by atoms with Gasteiger partial charge in [0.15, 0.2) is 0 Å². The Labute approximate surface area is 144 Å². The van der Waals surface area contributed by atoms with Crippen molar-refractivity contribution in [2.24, 2.45) is 0 Å². The van der Waals surface area contributed by atoms with Gasteiger partial charge >= 0.3 is 0 Å². The van der Waals surface area contributed by atoms with Crippen LogP contribution in [0.3, 0.4) is 0 Å². The molecule has 0 bridgehead atoms. The minimum Gasteiger partial charge on any atom is -0.326 e. The summed E-state index contributed by atoms with van der Waals surface area (Å²) in [5, 5.41) is 15.0. The van der Waals surface area contributed by atoms with Crippen molar-refractivity contribution in [3.63, 3.8) is 0 Å². The highest BCUT2D eigenvalue weighted by atomic mass is 16.2. The second-order valence-corrected chi connectivity index (χ2v) is 5.34. The summed E-state index contributed by atoms with van der Waals surface area (Å²) < 4.78 is 0. The lowest BCUT2D eigenvalue weighted by Crippen LogP contribution is -2.21. The molecule has 3 aromatic rings. The van der Waals surface area contributed by atoms with Gasteiger partial charge in [0.05, 0.1) is 22.8 Å². The third-order valence-electron chi connectivity index (χ3n) is 3.53. The number of para-hydroxylation sites is 1. The SMILES string of the molecule is N#Cc1ccc(NC(=O)CC(=O)Nc2cccc3cccnc23)cc1. The minimum atomic E-state index is -0.435. The molecule has 1 heterocycles. The number of carbonyl (C=O) groups excluding carboxylic acids is 2. The van der Waals surface area contributed by atoms with Gasteiger partial charge in [0.1, 0.15) is 6.42 Å². The Morgan fingerprint density at radius 1 is 0.960 bits per heavy atom. The molecule has 25 heavy (non-hydrogen) atoms. The number of aromatic nitrogens is 1. The molecule has 6 heteroatoms. The van der Waals surface area contributed by atoms with Crippen LogP contribution >= 0.6 is 0 Å². The molecular weight excluding hydrogens is 316 g/mol. The number of benzene rings is 2. The highest BCUT2D eigenvalue weighted by Gasteiger charge is 2.12. The van der Waals surface area contributed by atoms with E-state index in [1.165, 1.54) is 0 Å². The molecule has 2 aromatic carbocycles. The van der Waals surface area contributed by atoms with Crippen LogP contribution in [-0.2, 0) is 9.59 Å². The van der Waals surface area contributed by atoms with Gasteiger partial charge in [0.2, 0.25) is 11.8 Å². The molecule has 6 nitrogen and oxygen atoms in total. The zero-order valence-electron chi connectivity index (χ0n) is 13.2. The smallest absolute Gasteiger partial charge is 0.233 e. The first kappa shape index (κ1) is 16.1. The van der Waals surface area contributed by atoms with Gasteiger partial charge in [0, 0.05) is 17.3 Å². The van der Waals surface area contributed by atoms with Crippen LogP contribution in [-0.4, -0.2) is 16.8 Å². The van der Waals surface area contributed by atoms with E-state index >= 15 is 0 Å². The van der Waals surface area contributed by atoms with E-state index in [1.807, 2.05) is 30.3 Å². The van der Waals surface area contributed by atoms with E-state index in [9.17, 15) is 9.59 Å². The molecule has 0 aliphatic heterocycles. The van der Waals surface area contributed by atoms with Crippen LogP contribution in [0.25, 0.3) is 10.9 Å². The predicted molar refractivity (Wildman–Crippen MR) is 94.8 cm³/mol. The first-order valence-corrected chi connectivity index (χ1v) is 7.59. The third kappa shape index (κ3) is 3.98. The maximum Gasteiger partial charge on any atom is 0.233 e. The summed E-state index contributed by atoms with van der Waals surface area (Å²) in [7, 11) is 0. The number of fused-ring (bicyclic) bond motifs is 1. The molecule has 0 radical (unpaired) electrons. The Bertz CT molecular complexity index is 969. The van der Waals surface area contributed by atoms with E-state index in [0.717, 1.165) is 5.39 Å². The maximum absolute atomic E-state index is 12.1. The van der Waals surface area contributed by atoms with E-state index in [0.29, 0.717) is 22.5 Å². The third-order valence-corrected chi connectivity index (χ3v) is 3.53. The molecule has 0 aliphatic carbocycles. The summed E-state index contributed by atoms with van der Waals surface area (Å²) >= 11 is 0. The summed E-state index contributed by atoms with van der Waals surface area (Å²) in [6.07, 6.45) is 1.33. The molecule has 3 rings (SSSR count). The van der Waals surface area contributed by atoms with Gasteiger partial charge in [0.25, 0.3) is 0 Å². The molecule has 0 saturated carbocycles. The van der Waals surface area contributed by atoms with Crippen LogP contribution < -0.4 is 10.6 Å². The van der Waals surface area contributed by atoms with Crippen LogP contribution in [0.4, 0.5) is 11.4 Å². The number of nitrogens with one attached hydrogen (secondary N) is 2. The quantitative estimate of drug-likeness (QED) is 0.719. The van der Waals surface area contributed by atoms with Crippen molar-refractivity contribution in [1.82, 2.24) is 4.98 Å². The van der Waals surface area contributed by atoms with Crippen molar-refractivity contribution in [1.29, 1.82) is 5.26 Å². The van der Waals surface area contributed by atoms with Gasteiger partial charge in [-0.15, -0.1) is 0 Å². The summed E-state index contributed by atoms with van der Waals surface area (Å²) in [6, 6.07) is 17.6. The molecule has 2 amide bonds. The number of carbonyl (C=O) groups is 2. The molecule has 0 atom stereocenters. The van der Waals surface area contributed by atoms with E-state index in [1.54, 1.807) is 36.5 Å². The van der Waals surface area contributed by atoms with Crippen LogP contribution in [0.15, 0.2) is 60.8 Å². The van der Waals surface area contributed by atoms with Gasteiger partial charge in [-0.3, -0.25) is 14.6 Å². The van der Waals surface area contributed by atoms with Gasteiger partial charge in [-0.2, -0.15) is 5.26 Å². The zero-order chi connectivity index (χ0) is 17.6. The maximum atomic E-state index is 12.1. The second kappa shape index (κ2) is 7.23. The van der Waals surface area contributed by atoms with Crippen molar-refractivity contribution in [3.8, 4) is 6.07 Å². The standard InChI is InChI=1S/C19H14N4O2/c20-12-13-6-8-15(9-7-13)22-17(24)11-18(25)23-16-5-1-3-14-4-2-10-21-19(14)16/h1-10H,11H2,(H,22,24)(H,23,25). The predicted octanol–water partition coefficient (Wildman–Crippen LogP) is 3.07.